The van der Waals surface area contributed by atoms with Crippen LogP contribution in [-0.2, 0) is 14.3 Å². The summed E-state index contributed by atoms with van der Waals surface area (Å²) in [4.78, 5) is 33.4. The molecule has 30 heavy (non-hydrogen) atoms. The van der Waals surface area contributed by atoms with Gasteiger partial charge < -0.3 is 9.47 Å². The number of esters is 1. The number of methoxy groups -OCH3 is 1. The largest absolute Gasteiger partial charge is 0.466 e. The second-order valence-corrected chi connectivity index (χ2v) is 6.69. The Balaban J connectivity index is 1.65. The fourth-order valence-electron chi connectivity index (χ4n) is 2.22. The molecule has 0 aliphatic carbocycles. The van der Waals surface area contributed by atoms with Gasteiger partial charge in [-0.3, -0.25) is 20.2 Å². The van der Waals surface area contributed by atoms with Gasteiger partial charge in [0, 0.05) is 18.2 Å². The Kier molecular flexibility index (Phi) is 6.55. The van der Waals surface area contributed by atoms with E-state index < -0.39 is 16.8 Å². The van der Waals surface area contributed by atoms with E-state index in [0.29, 0.717) is 17.1 Å². The number of nitrogens with one attached hydrogen (secondary N) is 1. The highest BCUT2D eigenvalue weighted by atomic mass is 32.2. The number of benzene rings is 2. The average molecular weight is 426 g/mol. The van der Waals surface area contributed by atoms with Crippen molar-refractivity contribution in [3.8, 4) is 11.5 Å². The zero-order chi connectivity index (χ0) is 21.5. The number of nitrogens with zero attached hydrogens (tertiary/aromatic N) is 3. The first-order valence-electron chi connectivity index (χ1n) is 8.37. The quantitative estimate of drug-likeness (QED) is 0.247. The molecule has 11 heteroatoms. The number of hydrogen-bond donors (Lipinski definition) is 1. The number of rotatable bonds is 6. The molecule has 1 N–H and O–H groups in total. The highest BCUT2D eigenvalue weighted by molar-refractivity contribution is 8.18. The molecule has 1 amide bonds. The van der Waals surface area contributed by atoms with Crippen molar-refractivity contribution in [2.45, 2.75) is 0 Å². The van der Waals surface area contributed by atoms with Crippen LogP contribution in [-0.4, -0.2) is 35.3 Å². The standard InChI is InChI=1S/C19H14N4O6S/c1-28-17(24)10-16-18(25)21-19(30-16)22-20-11-12-3-2-4-15(9-12)29-14-7-5-13(6-8-14)23(26)27/h2-11H,1H3,(H,21,22,25)/b16-10+,20-11?. The van der Waals surface area contributed by atoms with E-state index in [-0.39, 0.29) is 15.8 Å². The average Bonchev–Trinajstić information content (AvgIpc) is 3.07. The molecule has 0 atom stereocenters. The highest BCUT2D eigenvalue weighted by Crippen LogP contribution is 2.25. The number of carbonyl (C=O) groups excluding carboxylic acids is 2. The third kappa shape index (κ3) is 5.52. The fourth-order valence-corrected chi connectivity index (χ4v) is 2.96. The molecule has 152 valence electrons. The first-order chi connectivity index (χ1) is 14.4. The van der Waals surface area contributed by atoms with Gasteiger partial charge in [-0.15, -0.1) is 5.10 Å². The van der Waals surface area contributed by atoms with E-state index >= 15 is 0 Å². The van der Waals surface area contributed by atoms with Gasteiger partial charge in [-0.1, -0.05) is 12.1 Å². The molecule has 0 spiro atoms. The van der Waals surface area contributed by atoms with E-state index in [4.69, 9.17) is 4.74 Å². The molecule has 1 heterocycles. The van der Waals surface area contributed by atoms with Gasteiger partial charge >= 0.3 is 5.97 Å². The summed E-state index contributed by atoms with van der Waals surface area (Å²) in [7, 11) is 1.22. The molecule has 1 saturated heterocycles. The monoisotopic (exact) mass is 426 g/mol. The maximum atomic E-state index is 11.8. The van der Waals surface area contributed by atoms with Crippen molar-refractivity contribution >= 4 is 40.7 Å². The maximum Gasteiger partial charge on any atom is 0.331 e. The van der Waals surface area contributed by atoms with Crippen molar-refractivity contribution in [1.29, 1.82) is 0 Å². The summed E-state index contributed by atoms with van der Waals surface area (Å²) in [6, 6.07) is 12.7. The van der Waals surface area contributed by atoms with Gasteiger partial charge in [0.25, 0.3) is 11.6 Å². The number of amidine groups is 1. The smallest absolute Gasteiger partial charge is 0.331 e. The molecular formula is C19H14N4O6S. The van der Waals surface area contributed by atoms with Gasteiger partial charge in [-0.25, -0.2) is 4.79 Å². The van der Waals surface area contributed by atoms with Gasteiger partial charge in [0.2, 0.25) is 0 Å². The third-order valence-corrected chi connectivity index (χ3v) is 4.50. The predicted octanol–water partition coefficient (Wildman–Crippen LogP) is 3.00. The Morgan fingerprint density at radius 3 is 2.67 bits per heavy atom. The Bertz CT molecular complexity index is 1080. The number of amides is 1. The van der Waals surface area contributed by atoms with Crippen LogP contribution in [0.5, 0.6) is 11.5 Å². The second kappa shape index (κ2) is 9.47. The van der Waals surface area contributed by atoms with Crippen LogP contribution in [0, 0.1) is 10.1 Å². The zero-order valence-corrected chi connectivity index (χ0v) is 16.3. The summed E-state index contributed by atoms with van der Waals surface area (Å²) in [5.74, 6) is -0.141. The van der Waals surface area contributed by atoms with E-state index in [2.05, 4.69) is 20.3 Å². The van der Waals surface area contributed by atoms with Crippen LogP contribution in [0.25, 0.3) is 0 Å². The summed E-state index contributed by atoms with van der Waals surface area (Å²) in [6.45, 7) is 0. The number of carbonyl (C=O) groups is 2. The lowest BCUT2D eigenvalue weighted by Crippen LogP contribution is -2.19. The molecule has 10 nitrogen and oxygen atoms in total. The molecule has 0 radical (unpaired) electrons. The van der Waals surface area contributed by atoms with E-state index in [0.717, 1.165) is 17.8 Å². The first-order valence-corrected chi connectivity index (χ1v) is 9.18. The van der Waals surface area contributed by atoms with Crippen LogP contribution in [0.15, 0.2) is 69.7 Å². The molecule has 0 saturated carbocycles. The molecule has 0 aromatic heterocycles. The van der Waals surface area contributed by atoms with E-state index in [9.17, 15) is 19.7 Å². The van der Waals surface area contributed by atoms with Gasteiger partial charge in [0.1, 0.15) is 11.5 Å². The van der Waals surface area contributed by atoms with E-state index in [1.54, 1.807) is 24.3 Å². The lowest BCUT2D eigenvalue weighted by Gasteiger charge is -2.05. The Morgan fingerprint density at radius 2 is 1.97 bits per heavy atom. The number of thioether (sulfide) groups is 1. The van der Waals surface area contributed by atoms with Crippen molar-refractivity contribution in [2.24, 2.45) is 10.2 Å². The minimum absolute atomic E-state index is 0.0243. The van der Waals surface area contributed by atoms with E-state index in [1.807, 2.05) is 0 Å². The molecule has 0 bridgehead atoms. The summed E-state index contributed by atoms with van der Waals surface area (Å²) < 4.78 is 10.2. The van der Waals surface area contributed by atoms with Gasteiger partial charge in [0.15, 0.2) is 5.17 Å². The van der Waals surface area contributed by atoms with Gasteiger partial charge in [0.05, 0.1) is 23.2 Å². The maximum absolute atomic E-state index is 11.8. The summed E-state index contributed by atoms with van der Waals surface area (Å²) in [5, 5.41) is 21.2. The minimum atomic E-state index is -0.637. The number of hydrogen-bond acceptors (Lipinski definition) is 9. The van der Waals surface area contributed by atoms with Gasteiger partial charge in [-0.2, -0.15) is 5.10 Å². The molecule has 1 aliphatic rings. The zero-order valence-electron chi connectivity index (χ0n) is 15.5. The second-order valence-electron chi connectivity index (χ2n) is 5.66. The molecule has 1 aliphatic heterocycles. The molecule has 0 unspecified atom stereocenters. The van der Waals surface area contributed by atoms with Crippen LogP contribution in [0.4, 0.5) is 5.69 Å². The van der Waals surface area contributed by atoms with Crippen molar-refractivity contribution in [2.75, 3.05) is 7.11 Å². The van der Waals surface area contributed by atoms with Crippen molar-refractivity contribution in [1.82, 2.24) is 5.32 Å². The van der Waals surface area contributed by atoms with Crippen LogP contribution in [0.1, 0.15) is 5.56 Å². The molecule has 2 aromatic rings. The van der Waals surface area contributed by atoms with Crippen molar-refractivity contribution in [3.63, 3.8) is 0 Å². The third-order valence-electron chi connectivity index (χ3n) is 3.60. The number of ether oxygens (including phenoxy) is 2. The highest BCUT2D eigenvalue weighted by Gasteiger charge is 2.24. The van der Waals surface area contributed by atoms with Crippen LogP contribution in [0.2, 0.25) is 0 Å². The number of non-ortho nitro benzene ring substituents is 1. The fraction of sp³-hybridized carbons (Fsp3) is 0.0526. The number of nitro groups is 1. The van der Waals surface area contributed by atoms with Crippen molar-refractivity contribution in [3.05, 3.63) is 75.2 Å². The first kappa shape index (κ1) is 20.7. The normalized spacial score (nSPS) is 16.1. The van der Waals surface area contributed by atoms with Gasteiger partial charge in [-0.05, 0) is 41.6 Å². The van der Waals surface area contributed by atoms with Crippen LogP contribution >= 0.6 is 11.8 Å². The Hall–Kier alpha value is -3.99. The summed E-state index contributed by atoms with van der Waals surface area (Å²) in [5.41, 5.74) is 0.655. The molecule has 1 fully saturated rings. The van der Waals surface area contributed by atoms with Crippen LogP contribution in [0.3, 0.4) is 0 Å². The van der Waals surface area contributed by atoms with E-state index in [1.165, 1.54) is 37.6 Å². The predicted molar refractivity (Wildman–Crippen MR) is 110 cm³/mol. The molecular weight excluding hydrogens is 412 g/mol. The Labute approximate surface area is 174 Å². The molecule has 3 rings (SSSR count). The summed E-state index contributed by atoms with van der Waals surface area (Å²) in [6.07, 6.45) is 2.54. The lowest BCUT2D eigenvalue weighted by atomic mass is 10.2. The number of nitro benzene ring substituents is 1. The van der Waals surface area contributed by atoms with Crippen LogP contribution < -0.4 is 10.1 Å². The summed E-state index contributed by atoms with van der Waals surface area (Å²) >= 11 is 0.969. The van der Waals surface area contributed by atoms with Crippen molar-refractivity contribution < 1.29 is 24.0 Å². The Morgan fingerprint density at radius 1 is 1.20 bits per heavy atom. The topological polar surface area (TPSA) is 132 Å². The lowest BCUT2D eigenvalue weighted by molar-refractivity contribution is -0.384. The SMILES string of the molecule is COC(=O)/C=C1/S/C(=N\N=Cc2cccc(Oc3ccc([N+](=O)[O-])cc3)c2)NC1=O. The minimum Gasteiger partial charge on any atom is -0.466 e. The molecule has 2 aromatic carbocycles.